The first-order valence-electron chi connectivity index (χ1n) is 7.57. The zero-order valence-electron chi connectivity index (χ0n) is 14.7. The molecule has 2 amide bonds. The lowest BCUT2D eigenvalue weighted by atomic mass is 10.1. The molecule has 10 nitrogen and oxygen atoms in total. The van der Waals surface area contributed by atoms with Crippen molar-refractivity contribution < 1.29 is 42.2 Å². The van der Waals surface area contributed by atoms with Crippen LogP contribution in [0.2, 0.25) is 0 Å². The quantitative estimate of drug-likeness (QED) is 0.749. The first kappa shape index (κ1) is 20.2. The Hall–Kier alpha value is -3.08. The van der Waals surface area contributed by atoms with Crippen LogP contribution in [0.3, 0.4) is 0 Å². The largest absolute Gasteiger partial charge is 0.531 e. The Morgan fingerprint density at radius 3 is 2.26 bits per heavy atom. The average Bonchev–Trinajstić information content (AvgIpc) is 3.03. The maximum Gasteiger partial charge on any atom is 0.531 e. The van der Waals surface area contributed by atoms with E-state index in [1.165, 1.54) is 32.6 Å². The number of nitrogens with zero attached hydrogens (tertiary/aromatic N) is 1. The van der Waals surface area contributed by atoms with Gasteiger partial charge in [0.1, 0.15) is 0 Å². The lowest BCUT2D eigenvalue weighted by Gasteiger charge is -2.09. The number of amides is 2. The van der Waals surface area contributed by atoms with Gasteiger partial charge in [0.15, 0.2) is 11.5 Å². The number of carbonyl (C=O) groups excluding carboxylic acids is 2. The van der Waals surface area contributed by atoms with Gasteiger partial charge in [0, 0.05) is 23.8 Å². The third-order valence-corrected chi connectivity index (χ3v) is 5.21. The summed E-state index contributed by atoms with van der Waals surface area (Å²) in [6, 6.07) is 3.12. The maximum atomic E-state index is 11.5. The number of carboxylic acid groups (broad SMARTS) is 1. The monoisotopic (exact) mass is 399 g/mol. The van der Waals surface area contributed by atoms with E-state index in [2.05, 4.69) is 4.84 Å². The summed E-state index contributed by atoms with van der Waals surface area (Å²) in [4.78, 5) is 36.0. The molecule has 2 aliphatic heterocycles. The molecule has 2 heterocycles. The van der Waals surface area contributed by atoms with Crippen LogP contribution < -0.4 is 9.47 Å². The van der Waals surface area contributed by atoms with Gasteiger partial charge in [-0.2, -0.15) is 0 Å². The van der Waals surface area contributed by atoms with Crippen LogP contribution in [0.1, 0.15) is 18.9 Å². The molecule has 1 atom stereocenters. The second kappa shape index (κ2) is 7.66. The third kappa shape index (κ3) is 4.19. The van der Waals surface area contributed by atoms with E-state index in [0.29, 0.717) is 17.1 Å². The van der Waals surface area contributed by atoms with Gasteiger partial charge >= 0.3 is 6.16 Å². The minimum Gasteiger partial charge on any atom is -0.493 e. The number of methoxy groups -OCH3 is 2. The molecule has 1 aromatic carbocycles. The van der Waals surface area contributed by atoms with Crippen LogP contribution in [-0.2, 0) is 24.3 Å². The summed E-state index contributed by atoms with van der Waals surface area (Å²) in [7, 11) is -0.296. The molecule has 27 heavy (non-hydrogen) atoms. The highest BCUT2D eigenvalue weighted by molar-refractivity contribution is 7.94. The summed E-state index contributed by atoms with van der Waals surface area (Å²) in [5.41, 5.74) is 0.632. The first-order chi connectivity index (χ1) is 12.6. The van der Waals surface area contributed by atoms with Crippen LogP contribution in [0, 0.1) is 5.92 Å². The average molecular weight is 399 g/mol. The second-order valence-electron chi connectivity index (χ2n) is 5.58. The van der Waals surface area contributed by atoms with Gasteiger partial charge in [-0.05, 0) is 17.7 Å². The van der Waals surface area contributed by atoms with Gasteiger partial charge in [0.2, 0.25) is 9.84 Å². The fourth-order valence-electron chi connectivity index (χ4n) is 2.42. The van der Waals surface area contributed by atoms with E-state index in [9.17, 15) is 22.8 Å². The Kier molecular flexibility index (Phi) is 5.74. The van der Waals surface area contributed by atoms with Crippen molar-refractivity contribution in [1.82, 2.24) is 5.06 Å². The summed E-state index contributed by atoms with van der Waals surface area (Å²) < 4.78 is 33.2. The number of imide groups is 1. The smallest absolute Gasteiger partial charge is 0.493 e. The summed E-state index contributed by atoms with van der Waals surface area (Å²) >= 11 is 0. The lowest BCUT2D eigenvalue weighted by Crippen LogP contribution is -2.32. The molecule has 1 fully saturated rings. The van der Waals surface area contributed by atoms with Gasteiger partial charge in [0.25, 0.3) is 11.8 Å². The highest BCUT2D eigenvalue weighted by atomic mass is 32.2. The molecule has 0 spiro atoms. The maximum absolute atomic E-state index is 11.5. The number of sulfone groups is 1. The topological polar surface area (TPSA) is 137 Å². The standard InChI is InChI=1S/C10H10O4S.C6H7NO5/c1-13-8-5-7-3-4-15(11,12)10(7)6-9(8)14-2;1-3-2-4(8)7(5(3)9)12-6(10)11/h3-6H,1-2H3;3H,2H2,1H3,(H,10,11). The number of hydrogen-bond donors (Lipinski definition) is 1. The van der Waals surface area contributed by atoms with Crippen LogP contribution in [-0.4, -0.2) is 50.8 Å². The third-order valence-electron chi connectivity index (χ3n) is 3.75. The molecular weight excluding hydrogens is 382 g/mol. The van der Waals surface area contributed by atoms with E-state index in [1.54, 1.807) is 12.1 Å². The molecule has 0 saturated carbocycles. The van der Waals surface area contributed by atoms with E-state index in [4.69, 9.17) is 14.6 Å². The Labute approximate surface area is 154 Å². The Morgan fingerprint density at radius 2 is 1.78 bits per heavy atom. The van der Waals surface area contributed by atoms with Gasteiger partial charge in [0.05, 0.1) is 19.1 Å². The van der Waals surface area contributed by atoms with Crippen molar-refractivity contribution in [3.05, 3.63) is 23.1 Å². The van der Waals surface area contributed by atoms with Gasteiger partial charge in [-0.25, -0.2) is 13.2 Å². The molecule has 2 aliphatic rings. The summed E-state index contributed by atoms with van der Waals surface area (Å²) in [6.45, 7) is 1.53. The number of hydrogen-bond acceptors (Lipinski definition) is 8. The number of rotatable bonds is 3. The summed E-state index contributed by atoms with van der Waals surface area (Å²) in [5, 5.41) is 9.59. The molecule has 1 unspecified atom stereocenters. The molecule has 146 valence electrons. The molecule has 3 rings (SSSR count). The normalized spacial score (nSPS) is 19.2. The van der Waals surface area contributed by atoms with E-state index < -0.39 is 33.7 Å². The fourth-order valence-corrected chi connectivity index (χ4v) is 3.62. The fraction of sp³-hybridized carbons (Fsp3) is 0.312. The van der Waals surface area contributed by atoms with Crippen LogP contribution in [0.5, 0.6) is 11.5 Å². The van der Waals surface area contributed by atoms with Crippen LogP contribution >= 0.6 is 0 Å². The van der Waals surface area contributed by atoms with Crippen molar-refractivity contribution >= 4 is 33.9 Å². The molecule has 0 bridgehead atoms. The predicted octanol–water partition coefficient (Wildman–Crippen LogP) is 1.45. The Balaban J connectivity index is 0.000000199. The van der Waals surface area contributed by atoms with E-state index in [1.807, 2.05) is 0 Å². The number of fused-ring (bicyclic) bond motifs is 1. The van der Waals surface area contributed by atoms with Crippen molar-refractivity contribution in [2.24, 2.45) is 5.92 Å². The van der Waals surface area contributed by atoms with Gasteiger partial charge in [-0.1, -0.05) is 12.0 Å². The number of carbonyl (C=O) groups is 3. The minimum atomic E-state index is -3.28. The van der Waals surface area contributed by atoms with E-state index in [0.717, 1.165) is 0 Å². The summed E-state index contributed by atoms with van der Waals surface area (Å²) in [5.74, 6) is -0.768. The number of ether oxygens (including phenoxy) is 2. The second-order valence-corrected chi connectivity index (χ2v) is 7.38. The molecule has 0 aliphatic carbocycles. The Bertz CT molecular complexity index is 920. The zero-order chi connectivity index (χ0) is 20.4. The van der Waals surface area contributed by atoms with Crippen molar-refractivity contribution in [3.63, 3.8) is 0 Å². The molecular formula is C16H17NO9S. The van der Waals surface area contributed by atoms with Crippen molar-refractivity contribution in [1.29, 1.82) is 0 Å². The van der Waals surface area contributed by atoms with Gasteiger partial charge < -0.3 is 14.6 Å². The molecule has 0 radical (unpaired) electrons. The number of benzene rings is 1. The molecule has 1 aromatic rings. The van der Waals surface area contributed by atoms with E-state index in [-0.39, 0.29) is 16.4 Å². The van der Waals surface area contributed by atoms with Gasteiger partial charge in [-0.15, -0.1) is 0 Å². The molecule has 1 saturated heterocycles. The molecule has 11 heteroatoms. The zero-order valence-corrected chi connectivity index (χ0v) is 15.5. The highest BCUT2D eigenvalue weighted by Gasteiger charge is 2.38. The number of hydroxylamine groups is 2. The Morgan fingerprint density at radius 1 is 1.19 bits per heavy atom. The summed E-state index contributed by atoms with van der Waals surface area (Å²) in [6.07, 6.45) is -0.107. The van der Waals surface area contributed by atoms with Crippen LogP contribution in [0.25, 0.3) is 6.08 Å². The highest BCUT2D eigenvalue weighted by Crippen LogP contribution is 2.37. The van der Waals surface area contributed by atoms with Crippen molar-refractivity contribution in [2.45, 2.75) is 18.2 Å². The SMILES string of the molecule is CC1CC(=O)N(OC(=O)O)C1=O.COc1cc2c(cc1OC)S(=O)(=O)C=C2. The molecule has 0 aromatic heterocycles. The van der Waals surface area contributed by atoms with Crippen molar-refractivity contribution in [2.75, 3.05) is 14.2 Å². The van der Waals surface area contributed by atoms with Crippen molar-refractivity contribution in [3.8, 4) is 11.5 Å². The first-order valence-corrected chi connectivity index (χ1v) is 9.12. The predicted molar refractivity (Wildman–Crippen MR) is 90.5 cm³/mol. The van der Waals surface area contributed by atoms with Crippen LogP contribution in [0.4, 0.5) is 4.79 Å². The molecule has 1 N–H and O–H groups in total. The van der Waals surface area contributed by atoms with Gasteiger partial charge in [-0.3, -0.25) is 14.4 Å². The lowest BCUT2D eigenvalue weighted by molar-refractivity contribution is -0.176. The van der Waals surface area contributed by atoms with E-state index >= 15 is 0 Å². The minimum absolute atomic E-state index is 0.00606. The van der Waals surface area contributed by atoms with Crippen LogP contribution in [0.15, 0.2) is 22.4 Å².